The van der Waals surface area contributed by atoms with Gasteiger partial charge in [0.2, 0.25) is 6.79 Å². The molecule has 2 heterocycles. The van der Waals surface area contributed by atoms with Crippen molar-refractivity contribution >= 4 is 0 Å². The fourth-order valence-corrected chi connectivity index (χ4v) is 4.38. The second kappa shape index (κ2) is 4.88. The van der Waals surface area contributed by atoms with Crippen molar-refractivity contribution in [2.24, 2.45) is 0 Å². The van der Waals surface area contributed by atoms with Crippen molar-refractivity contribution in [1.29, 1.82) is 0 Å². The van der Waals surface area contributed by atoms with Gasteiger partial charge in [-0.25, -0.2) is 0 Å². The highest BCUT2D eigenvalue weighted by molar-refractivity contribution is 5.85. The Balaban J connectivity index is 1.90. The standard InChI is InChI=1S/C19H19NO4/c1-20-7-6-10-8-13-19(24-9-23-13)16-11-4-3-5-12(22-2)15(11)18(21)17(20)14(10)16/h3-5,8,17-18,21H,6-7,9H2,1-2H3. The minimum absolute atomic E-state index is 0.0953. The molecule has 5 nitrogen and oxygen atoms in total. The van der Waals surface area contributed by atoms with Crippen LogP contribution in [0.2, 0.25) is 0 Å². The zero-order chi connectivity index (χ0) is 16.4. The molecule has 2 aliphatic heterocycles. The molecular weight excluding hydrogens is 306 g/mol. The normalized spacial score (nSPS) is 23.6. The number of methoxy groups -OCH3 is 1. The molecule has 2 unspecified atom stereocenters. The fourth-order valence-electron chi connectivity index (χ4n) is 4.38. The first kappa shape index (κ1) is 14.1. The summed E-state index contributed by atoms with van der Waals surface area (Å²) in [7, 11) is 3.70. The van der Waals surface area contributed by atoms with Crippen LogP contribution in [0.1, 0.15) is 28.8 Å². The van der Waals surface area contributed by atoms with Gasteiger partial charge in [0.1, 0.15) is 11.9 Å². The number of nitrogens with zero attached hydrogens (tertiary/aromatic N) is 1. The van der Waals surface area contributed by atoms with Crippen molar-refractivity contribution in [3.8, 4) is 28.4 Å². The number of hydrogen-bond donors (Lipinski definition) is 1. The molecule has 0 saturated heterocycles. The van der Waals surface area contributed by atoms with Crippen LogP contribution in [0.3, 0.4) is 0 Å². The molecule has 0 bridgehead atoms. The van der Waals surface area contributed by atoms with Crippen molar-refractivity contribution in [3.05, 3.63) is 41.0 Å². The van der Waals surface area contributed by atoms with E-state index in [-0.39, 0.29) is 12.8 Å². The van der Waals surface area contributed by atoms with Gasteiger partial charge in [-0.2, -0.15) is 0 Å². The summed E-state index contributed by atoms with van der Waals surface area (Å²) in [6.07, 6.45) is 0.311. The molecule has 2 aromatic rings. The first-order valence-electron chi connectivity index (χ1n) is 8.21. The molecule has 124 valence electrons. The lowest BCUT2D eigenvalue weighted by Crippen LogP contribution is -2.38. The van der Waals surface area contributed by atoms with Gasteiger partial charge < -0.3 is 19.3 Å². The molecule has 2 aromatic carbocycles. The Morgan fingerprint density at radius 3 is 2.96 bits per heavy atom. The van der Waals surface area contributed by atoms with Gasteiger partial charge in [0.05, 0.1) is 13.2 Å². The Hall–Kier alpha value is -2.24. The number of ether oxygens (including phenoxy) is 3. The van der Waals surface area contributed by atoms with Gasteiger partial charge >= 0.3 is 0 Å². The van der Waals surface area contributed by atoms with Crippen molar-refractivity contribution in [2.45, 2.75) is 18.6 Å². The molecule has 0 fully saturated rings. The monoisotopic (exact) mass is 325 g/mol. The Kier molecular flexibility index (Phi) is 2.87. The first-order chi connectivity index (χ1) is 11.7. The van der Waals surface area contributed by atoms with E-state index in [2.05, 4.69) is 18.0 Å². The van der Waals surface area contributed by atoms with Crippen LogP contribution in [0, 0.1) is 0 Å². The maximum Gasteiger partial charge on any atom is 0.231 e. The van der Waals surface area contributed by atoms with E-state index in [1.165, 1.54) is 11.1 Å². The molecule has 0 amide bonds. The van der Waals surface area contributed by atoms with Crippen LogP contribution in [-0.2, 0) is 6.42 Å². The van der Waals surface area contributed by atoms with E-state index in [0.29, 0.717) is 5.75 Å². The molecule has 0 spiro atoms. The average molecular weight is 325 g/mol. The summed E-state index contributed by atoms with van der Waals surface area (Å²) in [4.78, 5) is 2.22. The average Bonchev–Trinajstić information content (AvgIpc) is 3.06. The van der Waals surface area contributed by atoms with Crippen molar-refractivity contribution < 1.29 is 19.3 Å². The van der Waals surface area contributed by atoms with E-state index in [0.717, 1.165) is 41.2 Å². The molecule has 24 heavy (non-hydrogen) atoms. The molecular formula is C19H19NO4. The highest BCUT2D eigenvalue weighted by atomic mass is 16.7. The Morgan fingerprint density at radius 2 is 2.12 bits per heavy atom. The van der Waals surface area contributed by atoms with Crippen LogP contribution in [0.15, 0.2) is 24.3 Å². The number of likely N-dealkylation sites (N-methyl/N-ethyl adjacent to an activating group) is 1. The molecule has 2 atom stereocenters. The van der Waals surface area contributed by atoms with E-state index in [4.69, 9.17) is 14.2 Å². The minimum atomic E-state index is -0.631. The summed E-state index contributed by atoms with van der Waals surface area (Å²) >= 11 is 0. The molecule has 5 heteroatoms. The third kappa shape index (κ3) is 1.66. The Morgan fingerprint density at radius 1 is 1.25 bits per heavy atom. The maximum absolute atomic E-state index is 11.2. The van der Waals surface area contributed by atoms with Crippen LogP contribution in [-0.4, -0.2) is 37.5 Å². The molecule has 1 aliphatic carbocycles. The lowest BCUT2D eigenvalue weighted by atomic mass is 9.75. The van der Waals surface area contributed by atoms with E-state index >= 15 is 0 Å². The predicted molar refractivity (Wildman–Crippen MR) is 88.6 cm³/mol. The molecule has 5 rings (SSSR count). The van der Waals surface area contributed by atoms with E-state index in [1.807, 2.05) is 18.2 Å². The van der Waals surface area contributed by atoms with Crippen LogP contribution in [0.5, 0.6) is 17.2 Å². The summed E-state index contributed by atoms with van der Waals surface area (Å²) in [6, 6.07) is 7.88. The number of fused-ring (bicyclic) bond motifs is 4. The summed E-state index contributed by atoms with van der Waals surface area (Å²) in [5.41, 5.74) is 5.27. The number of aliphatic hydroxyl groups excluding tert-OH is 1. The van der Waals surface area contributed by atoms with Crippen LogP contribution in [0.25, 0.3) is 11.1 Å². The van der Waals surface area contributed by atoms with Crippen molar-refractivity contribution in [3.63, 3.8) is 0 Å². The Labute approximate surface area is 140 Å². The summed E-state index contributed by atoms with van der Waals surface area (Å²) < 4.78 is 17.0. The quantitative estimate of drug-likeness (QED) is 0.873. The van der Waals surface area contributed by atoms with Gasteiger partial charge in [-0.05, 0) is 42.3 Å². The minimum Gasteiger partial charge on any atom is -0.496 e. The second-order valence-corrected chi connectivity index (χ2v) is 6.60. The van der Waals surface area contributed by atoms with Gasteiger partial charge in [0.25, 0.3) is 0 Å². The lowest BCUT2D eigenvalue weighted by molar-refractivity contribution is 0.0526. The first-order valence-corrected chi connectivity index (χ1v) is 8.21. The molecule has 1 N–H and O–H groups in total. The van der Waals surface area contributed by atoms with Crippen LogP contribution in [0.4, 0.5) is 0 Å². The van der Waals surface area contributed by atoms with Gasteiger partial charge in [-0.3, -0.25) is 4.90 Å². The number of benzene rings is 2. The van der Waals surface area contributed by atoms with Gasteiger partial charge in [0.15, 0.2) is 11.5 Å². The third-order valence-electron chi connectivity index (χ3n) is 5.44. The highest BCUT2D eigenvalue weighted by Crippen LogP contribution is 2.58. The molecule has 0 saturated carbocycles. The summed E-state index contributed by atoms with van der Waals surface area (Å²) in [5.74, 6) is 2.30. The van der Waals surface area contributed by atoms with Gasteiger partial charge in [-0.1, -0.05) is 12.1 Å². The number of rotatable bonds is 1. The Bertz CT molecular complexity index is 848. The van der Waals surface area contributed by atoms with Crippen LogP contribution >= 0.6 is 0 Å². The van der Waals surface area contributed by atoms with Crippen LogP contribution < -0.4 is 14.2 Å². The third-order valence-corrected chi connectivity index (χ3v) is 5.44. The molecule has 0 aromatic heterocycles. The SMILES string of the molecule is COc1cccc2c1C(O)C1c3c(cc4c(c3-2)OCO4)CCN1C. The van der Waals surface area contributed by atoms with Crippen molar-refractivity contribution in [1.82, 2.24) is 4.90 Å². The zero-order valence-corrected chi connectivity index (χ0v) is 13.7. The largest absolute Gasteiger partial charge is 0.496 e. The number of hydrogen-bond acceptors (Lipinski definition) is 5. The molecule has 0 radical (unpaired) electrons. The fraction of sp³-hybridized carbons (Fsp3) is 0.368. The summed E-state index contributed by atoms with van der Waals surface area (Å²) in [5, 5.41) is 11.2. The van der Waals surface area contributed by atoms with E-state index in [1.54, 1.807) is 7.11 Å². The summed E-state index contributed by atoms with van der Waals surface area (Å²) in [6.45, 7) is 1.14. The molecule has 3 aliphatic rings. The van der Waals surface area contributed by atoms with E-state index in [9.17, 15) is 5.11 Å². The highest BCUT2D eigenvalue weighted by Gasteiger charge is 2.43. The zero-order valence-electron chi connectivity index (χ0n) is 13.7. The predicted octanol–water partition coefficient (Wildman–Crippen LogP) is 2.67. The smallest absolute Gasteiger partial charge is 0.231 e. The van der Waals surface area contributed by atoms with Gasteiger partial charge in [-0.15, -0.1) is 0 Å². The van der Waals surface area contributed by atoms with Crippen molar-refractivity contribution in [2.75, 3.05) is 27.5 Å². The van der Waals surface area contributed by atoms with E-state index < -0.39 is 6.10 Å². The maximum atomic E-state index is 11.2. The number of aliphatic hydroxyl groups is 1. The lowest BCUT2D eigenvalue weighted by Gasteiger charge is -2.43. The second-order valence-electron chi connectivity index (χ2n) is 6.60. The van der Waals surface area contributed by atoms with Gasteiger partial charge in [0, 0.05) is 17.7 Å². The topological polar surface area (TPSA) is 51.2 Å².